The summed E-state index contributed by atoms with van der Waals surface area (Å²) in [5.41, 5.74) is 0.784. The van der Waals surface area contributed by atoms with Crippen LogP contribution >= 0.6 is 24.9 Å². The van der Waals surface area contributed by atoms with Gasteiger partial charge >= 0.3 is 0 Å². The molecule has 0 saturated heterocycles. The Bertz CT molecular complexity index is 478. The number of thiol groups is 1. The van der Waals surface area contributed by atoms with Gasteiger partial charge in [-0.05, 0) is 22.3 Å². The Labute approximate surface area is 100 Å². The van der Waals surface area contributed by atoms with Crippen LogP contribution in [0.5, 0.6) is 0 Å². The van der Waals surface area contributed by atoms with Crippen molar-refractivity contribution >= 4 is 24.9 Å². The van der Waals surface area contributed by atoms with Gasteiger partial charge in [-0.15, -0.1) is 9.02 Å². The molecule has 0 unspecified atom stereocenters. The lowest BCUT2D eigenvalue weighted by Crippen LogP contribution is -2.31. The van der Waals surface area contributed by atoms with Crippen LogP contribution < -0.4 is 4.68 Å². The highest BCUT2D eigenvalue weighted by molar-refractivity contribution is 7.94. The van der Waals surface area contributed by atoms with Crippen LogP contribution in [0.2, 0.25) is 0 Å². The Kier molecular flexibility index (Phi) is 3.74. The Morgan fingerprint density at radius 1 is 1.50 bits per heavy atom. The second-order valence-electron chi connectivity index (χ2n) is 2.68. The first-order valence-electron chi connectivity index (χ1n) is 4.08. The first kappa shape index (κ1) is 11.4. The number of aromatic nitrogens is 4. The van der Waals surface area contributed by atoms with Crippen molar-refractivity contribution in [3.05, 3.63) is 30.6 Å². The molecular weight excluding hydrogens is 252 g/mol. The summed E-state index contributed by atoms with van der Waals surface area (Å²) < 4.78 is 7.15. The standard InChI is InChI=1S/C7H6N4O3S2/c12-13-14-16-7-3-1-2-6(4-7)10-5-11(15)9-8-10/h1-5H,(H-,12,15)/p+1. The molecule has 0 fully saturated rings. The Morgan fingerprint density at radius 3 is 3.06 bits per heavy atom. The molecule has 16 heavy (non-hydrogen) atoms. The molecule has 1 aromatic carbocycles. The van der Waals surface area contributed by atoms with Crippen LogP contribution in [0.1, 0.15) is 0 Å². The molecule has 9 heteroatoms. The van der Waals surface area contributed by atoms with Crippen LogP contribution in [-0.2, 0) is 9.37 Å². The average Bonchev–Trinajstić information content (AvgIpc) is 2.74. The van der Waals surface area contributed by atoms with Gasteiger partial charge in [0.15, 0.2) is 5.21 Å². The molecule has 0 bridgehead atoms. The summed E-state index contributed by atoms with van der Waals surface area (Å²) in [6.45, 7) is 0. The van der Waals surface area contributed by atoms with Gasteiger partial charge in [-0.2, -0.15) is 0 Å². The highest BCUT2D eigenvalue weighted by Gasteiger charge is 2.08. The molecule has 2 aromatic rings. The molecule has 1 aromatic heterocycles. The molecule has 0 aliphatic heterocycles. The van der Waals surface area contributed by atoms with Gasteiger partial charge in [0.2, 0.25) is 0 Å². The van der Waals surface area contributed by atoms with E-state index in [1.807, 2.05) is 12.1 Å². The topological polar surface area (TPSA) is 73.3 Å². The van der Waals surface area contributed by atoms with Crippen molar-refractivity contribution in [2.24, 2.45) is 0 Å². The monoisotopic (exact) mass is 259 g/mol. The summed E-state index contributed by atoms with van der Waals surface area (Å²) in [4.78, 5) is 0.743. The number of hydrogen-bond acceptors (Lipinski definition) is 7. The van der Waals surface area contributed by atoms with E-state index >= 15 is 0 Å². The molecule has 7 nitrogen and oxygen atoms in total. The van der Waals surface area contributed by atoms with E-state index in [0.29, 0.717) is 0 Å². The molecule has 0 aliphatic carbocycles. The number of benzene rings is 1. The van der Waals surface area contributed by atoms with Crippen LogP contribution in [0.15, 0.2) is 35.5 Å². The van der Waals surface area contributed by atoms with Crippen molar-refractivity contribution < 1.29 is 19.3 Å². The lowest BCUT2D eigenvalue weighted by atomic mass is 10.3. The third-order valence-corrected chi connectivity index (χ3v) is 2.44. The minimum absolute atomic E-state index is 0.743. The Morgan fingerprint density at radius 2 is 2.38 bits per heavy atom. The molecule has 84 valence electrons. The molecule has 0 aliphatic rings. The normalized spacial score (nSPS) is 10.6. The summed E-state index contributed by atoms with van der Waals surface area (Å²) in [7, 11) is 0. The summed E-state index contributed by atoms with van der Waals surface area (Å²) in [5, 5.41) is 19.0. The Balaban J connectivity index is 2.22. The zero-order valence-electron chi connectivity index (χ0n) is 7.79. The largest absolute Gasteiger partial charge is 0.263 e. The maximum atomic E-state index is 8.03. The number of rotatable bonds is 4. The summed E-state index contributed by atoms with van der Waals surface area (Å²) in [5.74, 6) is 0. The molecule has 0 spiro atoms. The van der Waals surface area contributed by atoms with Crippen molar-refractivity contribution in [3.63, 3.8) is 0 Å². The van der Waals surface area contributed by atoms with E-state index in [2.05, 4.69) is 32.6 Å². The van der Waals surface area contributed by atoms with E-state index in [1.54, 1.807) is 18.5 Å². The van der Waals surface area contributed by atoms with Crippen molar-refractivity contribution in [1.82, 2.24) is 14.5 Å². The van der Waals surface area contributed by atoms with E-state index in [4.69, 9.17) is 5.26 Å². The van der Waals surface area contributed by atoms with Crippen LogP contribution in [-0.4, -0.2) is 19.8 Å². The minimum atomic E-state index is 0.743. The number of nitrogens with zero attached hydrogens (tertiary/aromatic N) is 4. The zero-order chi connectivity index (χ0) is 11.4. The zero-order valence-corrected chi connectivity index (χ0v) is 9.51. The first-order valence-corrected chi connectivity index (χ1v) is 5.22. The predicted molar refractivity (Wildman–Crippen MR) is 56.6 cm³/mol. The highest BCUT2D eigenvalue weighted by Crippen LogP contribution is 2.19. The first-order chi connectivity index (χ1) is 7.79. The van der Waals surface area contributed by atoms with Crippen LogP contribution in [0.25, 0.3) is 5.69 Å². The lowest BCUT2D eigenvalue weighted by Gasteiger charge is -1.98. The molecule has 0 radical (unpaired) electrons. The second kappa shape index (κ2) is 5.27. The van der Waals surface area contributed by atoms with Gasteiger partial charge in [-0.1, -0.05) is 11.1 Å². The molecule has 1 heterocycles. The van der Waals surface area contributed by atoms with Gasteiger partial charge in [0.25, 0.3) is 6.33 Å². The van der Waals surface area contributed by atoms with Gasteiger partial charge in [0, 0.05) is 4.90 Å². The van der Waals surface area contributed by atoms with Crippen molar-refractivity contribution in [1.29, 1.82) is 0 Å². The average molecular weight is 259 g/mol. The van der Waals surface area contributed by atoms with Gasteiger partial charge in [0.05, 0.1) is 24.9 Å². The van der Waals surface area contributed by atoms with Crippen LogP contribution in [0.4, 0.5) is 0 Å². The van der Waals surface area contributed by atoms with E-state index in [-0.39, 0.29) is 0 Å². The van der Waals surface area contributed by atoms with Crippen LogP contribution in [0.3, 0.4) is 0 Å². The van der Waals surface area contributed by atoms with Crippen LogP contribution in [0, 0.1) is 0 Å². The maximum absolute atomic E-state index is 8.03. The fourth-order valence-electron chi connectivity index (χ4n) is 1.08. The summed E-state index contributed by atoms with van der Waals surface area (Å²) in [6, 6.07) is 7.22. The van der Waals surface area contributed by atoms with Gasteiger partial charge < -0.3 is 0 Å². The number of tetrazole rings is 1. The summed E-state index contributed by atoms with van der Waals surface area (Å²) >= 11 is 4.85. The SMILES string of the molecule is OOOSc1cccc(-[n+]2cn(S)nn2)c1. The molecule has 0 amide bonds. The molecule has 0 atom stereocenters. The van der Waals surface area contributed by atoms with Crippen molar-refractivity contribution in [2.45, 2.75) is 4.90 Å². The molecule has 2 rings (SSSR count). The van der Waals surface area contributed by atoms with E-state index in [1.165, 1.54) is 8.77 Å². The smallest absolute Gasteiger partial charge is 0.220 e. The predicted octanol–water partition coefficient (Wildman–Crippen LogP) is 0.676. The van der Waals surface area contributed by atoms with Gasteiger partial charge in [-0.25, -0.2) is 5.26 Å². The molecule has 0 saturated carbocycles. The number of hydrogen-bond donors (Lipinski definition) is 2. The Hall–Kier alpha value is -1.13. The fourth-order valence-corrected chi connectivity index (χ4v) is 1.62. The quantitative estimate of drug-likeness (QED) is 0.276. The van der Waals surface area contributed by atoms with E-state index in [0.717, 1.165) is 22.6 Å². The maximum Gasteiger partial charge on any atom is 0.263 e. The van der Waals surface area contributed by atoms with Gasteiger partial charge in [-0.3, -0.25) is 0 Å². The van der Waals surface area contributed by atoms with Crippen molar-refractivity contribution in [3.8, 4) is 5.69 Å². The minimum Gasteiger partial charge on any atom is -0.220 e. The van der Waals surface area contributed by atoms with Crippen molar-refractivity contribution in [2.75, 3.05) is 0 Å². The van der Waals surface area contributed by atoms with Gasteiger partial charge in [0.1, 0.15) is 10.9 Å². The third-order valence-electron chi connectivity index (χ3n) is 1.68. The molecule has 1 N–H and O–H groups in total. The van der Waals surface area contributed by atoms with E-state index < -0.39 is 0 Å². The third kappa shape index (κ3) is 2.71. The fraction of sp³-hybridized carbons (Fsp3) is 0. The van der Waals surface area contributed by atoms with E-state index in [9.17, 15) is 0 Å². The molecular formula is C7H7N4O3S2+. The highest BCUT2D eigenvalue weighted by atomic mass is 32.2. The lowest BCUT2D eigenvalue weighted by molar-refractivity contribution is -0.660. The summed E-state index contributed by atoms with van der Waals surface area (Å²) in [6.07, 6.45) is 1.59. The second-order valence-corrected chi connectivity index (χ2v) is 3.87.